The first-order valence-electron chi connectivity index (χ1n) is 4.31. The van der Waals surface area contributed by atoms with Crippen LogP contribution < -0.4 is 10.6 Å². The van der Waals surface area contributed by atoms with Crippen molar-refractivity contribution in [2.24, 2.45) is 0 Å². The van der Waals surface area contributed by atoms with Gasteiger partial charge in [-0.25, -0.2) is 9.78 Å². The SMILES string of the molecule is CC(NC(=O)Nc1ccccn1)C(=O)O. The third kappa shape index (κ3) is 3.63. The van der Waals surface area contributed by atoms with E-state index in [-0.39, 0.29) is 0 Å². The minimum absolute atomic E-state index is 0.368. The highest BCUT2D eigenvalue weighted by atomic mass is 16.4. The van der Waals surface area contributed by atoms with E-state index in [1.165, 1.54) is 13.1 Å². The van der Waals surface area contributed by atoms with Crippen molar-refractivity contribution in [3.8, 4) is 0 Å². The first kappa shape index (κ1) is 11.0. The van der Waals surface area contributed by atoms with E-state index in [1.54, 1.807) is 18.2 Å². The molecule has 0 aliphatic rings. The van der Waals surface area contributed by atoms with Crippen molar-refractivity contribution in [1.29, 1.82) is 0 Å². The highest BCUT2D eigenvalue weighted by molar-refractivity contribution is 5.91. The summed E-state index contributed by atoms with van der Waals surface area (Å²) in [6, 6.07) is 3.49. The van der Waals surface area contributed by atoms with Gasteiger partial charge in [0, 0.05) is 6.20 Å². The molecule has 1 rings (SSSR count). The van der Waals surface area contributed by atoms with Crippen molar-refractivity contribution in [2.45, 2.75) is 13.0 Å². The summed E-state index contributed by atoms with van der Waals surface area (Å²) in [4.78, 5) is 25.5. The molecular weight excluding hydrogens is 198 g/mol. The van der Waals surface area contributed by atoms with E-state index >= 15 is 0 Å². The van der Waals surface area contributed by atoms with Crippen molar-refractivity contribution in [1.82, 2.24) is 10.3 Å². The maximum atomic E-state index is 11.2. The molecule has 3 N–H and O–H groups in total. The number of carboxylic acid groups (broad SMARTS) is 1. The first-order valence-corrected chi connectivity index (χ1v) is 4.31. The topological polar surface area (TPSA) is 91.3 Å². The standard InChI is InChI=1S/C9H11N3O3/c1-6(8(13)14)11-9(15)12-7-4-2-3-5-10-7/h2-6H,1H3,(H,13,14)(H2,10,11,12,15). The Labute approximate surface area is 86.3 Å². The normalized spacial score (nSPS) is 11.5. The van der Waals surface area contributed by atoms with Crippen LogP contribution in [0.4, 0.5) is 10.6 Å². The number of carboxylic acids is 1. The second-order valence-electron chi connectivity index (χ2n) is 2.87. The third-order valence-electron chi connectivity index (χ3n) is 1.62. The number of urea groups is 1. The van der Waals surface area contributed by atoms with E-state index in [1.807, 2.05) is 0 Å². The fourth-order valence-electron chi connectivity index (χ4n) is 0.847. The summed E-state index contributed by atoms with van der Waals surface area (Å²) in [5, 5.41) is 13.2. The van der Waals surface area contributed by atoms with Gasteiger partial charge in [0.25, 0.3) is 0 Å². The number of nitrogens with one attached hydrogen (secondary N) is 2. The average molecular weight is 209 g/mol. The number of rotatable bonds is 3. The van der Waals surface area contributed by atoms with Gasteiger partial charge in [0.1, 0.15) is 11.9 Å². The molecule has 0 bridgehead atoms. The smallest absolute Gasteiger partial charge is 0.325 e. The Bertz CT molecular complexity index is 353. The molecule has 1 atom stereocenters. The number of carbonyl (C=O) groups excluding carboxylic acids is 1. The van der Waals surface area contributed by atoms with Gasteiger partial charge in [0.15, 0.2) is 0 Å². The predicted octanol–water partition coefficient (Wildman–Crippen LogP) is 0.676. The molecule has 1 aromatic rings. The highest BCUT2D eigenvalue weighted by Gasteiger charge is 2.13. The fourth-order valence-corrected chi connectivity index (χ4v) is 0.847. The molecule has 1 heterocycles. The molecule has 15 heavy (non-hydrogen) atoms. The van der Waals surface area contributed by atoms with Crippen molar-refractivity contribution < 1.29 is 14.7 Å². The number of pyridine rings is 1. The molecule has 0 aromatic carbocycles. The molecule has 0 saturated heterocycles. The summed E-state index contributed by atoms with van der Waals surface area (Å²) in [5.74, 6) is -0.723. The second-order valence-corrected chi connectivity index (χ2v) is 2.87. The lowest BCUT2D eigenvalue weighted by atomic mass is 10.3. The van der Waals surface area contributed by atoms with Crippen LogP contribution in [0.2, 0.25) is 0 Å². The van der Waals surface area contributed by atoms with Gasteiger partial charge < -0.3 is 10.4 Å². The average Bonchev–Trinajstić information content (AvgIpc) is 2.18. The largest absolute Gasteiger partial charge is 0.480 e. The van der Waals surface area contributed by atoms with Crippen molar-refractivity contribution in [3.05, 3.63) is 24.4 Å². The lowest BCUT2D eigenvalue weighted by molar-refractivity contribution is -0.138. The molecule has 0 radical (unpaired) electrons. The lowest BCUT2D eigenvalue weighted by Crippen LogP contribution is -2.40. The molecule has 6 nitrogen and oxygen atoms in total. The van der Waals surface area contributed by atoms with Crippen molar-refractivity contribution >= 4 is 17.8 Å². The summed E-state index contributed by atoms with van der Waals surface area (Å²) in [7, 11) is 0. The van der Waals surface area contributed by atoms with Crippen LogP contribution in [0, 0.1) is 0 Å². The van der Waals surface area contributed by atoms with Crippen molar-refractivity contribution in [3.63, 3.8) is 0 Å². The third-order valence-corrected chi connectivity index (χ3v) is 1.62. The zero-order chi connectivity index (χ0) is 11.3. The molecule has 0 aliphatic carbocycles. The minimum atomic E-state index is -1.09. The Morgan fingerprint density at radius 1 is 1.47 bits per heavy atom. The van der Waals surface area contributed by atoms with Gasteiger partial charge in [0.2, 0.25) is 0 Å². The van der Waals surface area contributed by atoms with Crippen LogP contribution in [0.25, 0.3) is 0 Å². The minimum Gasteiger partial charge on any atom is -0.480 e. The van der Waals surface area contributed by atoms with Crippen LogP contribution in [0.15, 0.2) is 24.4 Å². The number of hydrogen-bond acceptors (Lipinski definition) is 3. The molecule has 0 spiro atoms. The summed E-state index contributed by atoms with van der Waals surface area (Å²) < 4.78 is 0. The van der Waals surface area contributed by atoms with Crippen LogP contribution in [0.1, 0.15) is 6.92 Å². The molecule has 80 valence electrons. The Kier molecular flexibility index (Phi) is 3.61. The molecule has 6 heteroatoms. The van der Waals surface area contributed by atoms with E-state index in [0.717, 1.165) is 0 Å². The number of carbonyl (C=O) groups is 2. The molecule has 0 aliphatic heterocycles. The van der Waals surface area contributed by atoms with Crippen LogP contribution in [0.3, 0.4) is 0 Å². The highest BCUT2D eigenvalue weighted by Crippen LogP contribution is 1.99. The number of amides is 2. The van der Waals surface area contributed by atoms with Crippen LogP contribution >= 0.6 is 0 Å². The maximum Gasteiger partial charge on any atom is 0.325 e. The monoisotopic (exact) mass is 209 g/mol. The molecule has 1 unspecified atom stereocenters. The Balaban J connectivity index is 2.47. The molecule has 1 aromatic heterocycles. The maximum absolute atomic E-state index is 11.2. The molecule has 0 fully saturated rings. The van der Waals surface area contributed by atoms with Crippen LogP contribution in [-0.4, -0.2) is 28.1 Å². The zero-order valence-corrected chi connectivity index (χ0v) is 8.10. The van der Waals surface area contributed by atoms with Gasteiger partial charge in [-0.3, -0.25) is 10.1 Å². The summed E-state index contributed by atoms with van der Waals surface area (Å²) in [6.07, 6.45) is 1.52. The van der Waals surface area contributed by atoms with E-state index < -0.39 is 18.0 Å². The number of anilines is 1. The van der Waals surface area contributed by atoms with Gasteiger partial charge in [-0.05, 0) is 19.1 Å². The Morgan fingerprint density at radius 3 is 2.73 bits per heavy atom. The van der Waals surface area contributed by atoms with Crippen LogP contribution in [-0.2, 0) is 4.79 Å². The van der Waals surface area contributed by atoms with Gasteiger partial charge in [-0.1, -0.05) is 6.07 Å². The lowest BCUT2D eigenvalue weighted by Gasteiger charge is -2.09. The zero-order valence-electron chi connectivity index (χ0n) is 8.10. The quantitative estimate of drug-likeness (QED) is 0.682. The predicted molar refractivity (Wildman–Crippen MR) is 53.5 cm³/mol. The summed E-state index contributed by atoms with van der Waals surface area (Å²) in [5.41, 5.74) is 0. The van der Waals surface area contributed by atoms with Crippen LogP contribution in [0.5, 0.6) is 0 Å². The fraction of sp³-hybridized carbons (Fsp3) is 0.222. The second kappa shape index (κ2) is 4.94. The molecule has 0 saturated carbocycles. The Morgan fingerprint density at radius 2 is 2.20 bits per heavy atom. The number of nitrogens with zero attached hydrogens (tertiary/aromatic N) is 1. The Hall–Kier alpha value is -2.11. The van der Waals surface area contributed by atoms with E-state index in [4.69, 9.17) is 5.11 Å². The summed E-state index contributed by atoms with van der Waals surface area (Å²) >= 11 is 0. The number of hydrogen-bond donors (Lipinski definition) is 3. The van der Waals surface area contributed by atoms with E-state index in [0.29, 0.717) is 5.82 Å². The van der Waals surface area contributed by atoms with Gasteiger partial charge in [-0.2, -0.15) is 0 Å². The molecular formula is C9H11N3O3. The number of aromatic nitrogens is 1. The van der Waals surface area contributed by atoms with Gasteiger partial charge in [0.05, 0.1) is 0 Å². The van der Waals surface area contributed by atoms with Gasteiger partial charge in [-0.15, -0.1) is 0 Å². The van der Waals surface area contributed by atoms with Crippen molar-refractivity contribution in [2.75, 3.05) is 5.32 Å². The van der Waals surface area contributed by atoms with E-state index in [9.17, 15) is 9.59 Å². The molecule has 2 amide bonds. The number of aliphatic carboxylic acids is 1. The van der Waals surface area contributed by atoms with E-state index in [2.05, 4.69) is 15.6 Å². The van der Waals surface area contributed by atoms with Gasteiger partial charge >= 0.3 is 12.0 Å². The summed E-state index contributed by atoms with van der Waals surface area (Å²) in [6.45, 7) is 1.38. The first-order chi connectivity index (χ1) is 7.09.